The molecule has 5 heteroatoms. The van der Waals surface area contributed by atoms with Crippen molar-refractivity contribution >= 4 is 27.5 Å². The highest BCUT2D eigenvalue weighted by atomic mass is 79.9. The molecule has 1 unspecified atom stereocenters. The summed E-state index contributed by atoms with van der Waals surface area (Å²) >= 11 is 3.46. The van der Waals surface area contributed by atoms with Gasteiger partial charge < -0.3 is 14.9 Å². The molecule has 0 fully saturated rings. The van der Waals surface area contributed by atoms with Crippen molar-refractivity contribution in [3.63, 3.8) is 0 Å². The molecule has 0 aliphatic carbocycles. The van der Waals surface area contributed by atoms with Gasteiger partial charge in [0.15, 0.2) is 0 Å². The second kappa shape index (κ2) is 7.64. The molecule has 1 amide bonds. The van der Waals surface area contributed by atoms with Crippen LogP contribution >= 0.6 is 15.9 Å². The van der Waals surface area contributed by atoms with E-state index in [9.17, 15) is 9.90 Å². The van der Waals surface area contributed by atoms with Gasteiger partial charge in [-0.1, -0.05) is 28.9 Å². The molecule has 1 N–H and O–H groups in total. The van der Waals surface area contributed by atoms with Gasteiger partial charge in [-0.2, -0.15) is 0 Å². The van der Waals surface area contributed by atoms with Crippen LogP contribution in [0.15, 0.2) is 22.7 Å². The topological polar surface area (TPSA) is 43.8 Å². The summed E-state index contributed by atoms with van der Waals surface area (Å²) in [5, 5.41) is 9.92. The molecule has 4 nitrogen and oxygen atoms in total. The van der Waals surface area contributed by atoms with E-state index < -0.39 is 6.10 Å². The molecule has 112 valence electrons. The molecule has 1 atom stereocenters. The van der Waals surface area contributed by atoms with E-state index in [-0.39, 0.29) is 5.91 Å². The predicted molar refractivity (Wildman–Crippen MR) is 86.0 cm³/mol. The van der Waals surface area contributed by atoms with Crippen LogP contribution in [-0.4, -0.2) is 43.1 Å². The van der Waals surface area contributed by atoms with Gasteiger partial charge in [0.25, 0.3) is 0 Å². The Morgan fingerprint density at radius 3 is 2.55 bits per heavy atom. The van der Waals surface area contributed by atoms with E-state index in [0.29, 0.717) is 6.54 Å². The monoisotopic (exact) mass is 342 g/mol. The number of aliphatic hydroxyl groups excluding tert-OH is 1. The van der Waals surface area contributed by atoms with Crippen LogP contribution in [0.25, 0.3) is 0 Å². The van der Waals surface area contributed by atoms with Crippen molar-refractivity contribution in [1.82, 2.24) is 4.90 Å². The van der Waals surface area contributed by atoms with Crippen LogP contribution in [0.3, 0.4) is 0 Å². The molecule has 1 aromatic carbocycles. The highest BCUT2D eigenvalue weighted by Gasteiger charge is 2.18. The molecule has 0 heterocycles. The first-order chi connectivity index (χ1) is 9.36. The molecule has 0 radical (unpaired) electrons. The number of hydrogen-bond donors (Lipinski definition) is 1. The minimum absolute atomic E-state index is 0.0509. The Bertz CT molecular complexity index is 461. The number of carbonyl (C=O) groups excluding carboxylic acids is 1. The quantitative estimate of drug-likeness (QED) is 0.864. The molecular weight excluding hydrogens is 320 g/mol. The first-order valence-corrected chi connectivity index (χ1v) is 7.58. The van der Waals surface area contributed by atoms with E-state index in [0.717, 1.165) is 28.7 Å². The van der Waals surface area contributed by atoms with Crippen molar-refractivity contribution in [1.29, 1.82) is 0 Å². The Balaban J connectivity index is 3.13. The van der Waals surface area contributed by atoms with Crippen molar-refractivity contribution in [2.24, 2.45) is 0 Å². The number of carbonyl (C=O) groups is 1. The molecule has 20 heavy (non-hydrogen) atoms. The number of anilines is 1. The molecule has 0 aromatic heterocycles. The molecular formula is C15H23BrN2O2. The van der Waals surface area contributed by atoms with Gasteiger partial charge in [0.05, 0.1) is 12.6 Å². The molecule has 0 aliphatic heterocycles. The van der Waals surface area contributed by atoms with E-state index in [1.165, 1.54) is 0 Å². The van der Waals surface area contributed by atoms with Crippen LogP contribution in [0.4, 0.5) is 5.69 Å². The molecule has 1 rings (SSSR count). The van der Waals surface area contributed by atoms with Crippen LogP contribution in [0, 0.1) is 0 Å². The summed E-state index contributed by atoms with van der Waals surface area (Å²) in [5.41, 5.74) is 1.75. The maximum atomic E-state index is 12.0. The van der Waals surface area contributed by atoms with Crippen LogP contribution in [0.1, 0.15) is 31.9 Å². The first-order valence-electron chi connectivity index (χ1n) is 6.79. The predicted octanol–water partition coefficient (Wildman–Crippen LogP) is 2.81. The van der Waals surface area contributed by atoms with Crippen molar-refractivity contribution in [3.05, 3.63) is 28.2 Å². The first kappa shape index (κ1) is 17.0. The minimum atomic E-state index is -0.563. The lowest BCUT2D eigenvalue weighted by atomic mass is 10.1. The Morgan fingerprint density at radius 2 is 2.05 bits per heavy atom. The third-order valence-electron chi connectivity index (χ3n) is 3.10. The van der Waals surface area contributed by atoms with Gasteiger partial charge in [0, 0.05) is 36.4 Å². The van der Waals surface area contributed by atoms with Crippen LogP contribution < -0.4 is 4.90 Å². The fourth-order valence-electron chi connectivity index (χ4n) is 2.00. The molecule has 0 saturated carbocycles. The smallest absolute Gasteiger partial charge is 0.241 e. The average Bonchev–Trinajstić information content (AvgIpc) is 2.37. The van der Waals surface area contributed by atoms with E-state index >= 15 is 0 Å². The lowest BCUT2D eigenvalue weighted by Gasteiger charge is -2.28. The minimum Gasteiger partial charge on any atom is -0.389 e. The van der Waals surface area contributed by atoms with E-state index in [4.69, 9.17) is 0 Å². The highest BCUT2D eigenvalue weighted by Crippen LogP contribution is 2.30. The van der Waals surface area contributed by atoms with Gasteiger partial charge in [-0.25, -0.2) is 0 Å². The summed E-state index contributed by atoms with van der Waals surface area (Å²) in [6.45, 7) is 4.91. The fourth-order valence-corrected chi connectivity index (χ4v) is 2.35. The van der Waals surface area contributed by atoms with E-state index in [1.54, 1.807) is 25.9 Å². The summed E-state index contributed by atoms with van der Waals surface area (Å²) in [5.74, 6) is 0.0509. The van der Waals surface area contributed by atoms with Crippen molar-refractivity contribution in [3.8, 4) is 0 Å². The second-order valence-electron chi connectivity index (χ2n) is 5.09. The van der Waals surface area contributed by atoms with Gasteiger partial charge in [0.1, 0.15) is 0 Å². The van der Waals surface area contributed by atoms with Gasteiger partial charge in [-0.3, -0.25) is 4.79 Å². The number of amides is 1. The third kappa shape index (κ3) is 4.49. The molecule has 0 aliphatic rings. The summed E-state index contributed by atoms with van der Waals surface area (Å²) in [4.78, 5) is 15.6. The largest absolute Gasteiger partial charge is 0.389 e. The number of benzene rings is 1. The second-order valence-corrected chi connectivity index (χ2v) is 6.00. The number of hydrogen-bond acceptors (Lipinski definition) is 3. The normalized spacial score (nSPS) is 12.1. The third-order valence-corrected chi connectivity index (χ3v) is 3.59. The van der Waals surface area contributed by atoms with Gasteiger partial charge in [0.2, 0.25) is 5.91 Å². The summed E-state index contributed by atoms with van der Waals surface area (Å²) in [6.07, 6.45) is 0.374. The van der Waals surface area contributed by atoms with Gasteiger partial charge >= 0.3 is 0 Å². The molecule has 0 bridgehead atoms. The number of halogens is 1. The van der Waals surface area contributed by atoms with Crippen LogP contribution in [0.2, 0.25) is 0 Å². The molecule has 0 spiro atoms. The molecule has 0 saturated heterocycles. The summed E-state index contributed by atoms with van der Waals surface area (Å²) in [7, 11) is 3.51. The lowest BCUT2D eigenvalue weighted by molar-refractivity contribution is -0.127. The summed E-state index contributed by atoms with van der Waals surface area (Å²) < 4.78 is 0.940. The van der Waals surface area contributed by atoms with E-state index in [2.05, 4.69) is 22.9 Å². The average molecular weight is 343 g/mol. The Hall–Kier alpha value is -1.07. The van der Waals surface area contributed by atoms with Crippen molar-refractivity contribution < 1.29 is 9.90 Å². The maximum Gasteiger partial charge on any atom is 0.241 e. The standard InChI is InChI=1S/C15H23BrN2O2/c1-5-8-18(10-15(20)17(3)4)14-9-12(16)6-7-13(14)11(2)19/h6-7,9,11,19H,5,8,10H2,1-4H3. The molecule has 1 aromatic rings. The number of aliphatic hydroxyl groups is 1. The van der Waals surface area contributed by atoms with E-state index in [1.807, 2.05) is 23.1 Å². The Labute approximate surface area is 129 Å². The zero-order chi connectivity index (χ0) is 15.3. The Morgan fingerprint density at radius 1 is 1.40 bits per heavy atom. The number of likely N-dealkylation sites (N-methyl/N-ethyl adjacent to an activating group) is 1. The fraction of sp³-hybridized carbons (Fsp3) is 0.533. The zero-order valence-electron chi connectivity index (χ0n) is 12.6. The SMILES string of the molecule is CCCN(CC(=O)N(C)C)c1cc(Br)ccc1C(C)O. The lowest BCUT2D eigenvalue weighted by Crippen LogP contribution is -2.37. The van der Waals surface area contributed by atoms with Crippen LogP contribution in [-0.2, 0) is 4.79 Å². The van der Waals surface area contributed by atoms with Crippen LogP contribution in [0.5, 0.6) is 0 Å². The zero-order valence-corrected chi connectivity index (χ0v) is 14.1. The number of nitrogens with zero attached hydrogens (tertiary/aromatic N) is 2. The highest BCUT2D eigenvalue weighted by molar-refractivity contribution is 9.10. The maximum absolute atomic E-state index is 12.0. The number of rotatable bonds is 6. The Kier molecular flexibility index (Phi) is 6.49. The van der Waals surface area contributed by atoms with Gasteiger partial charge in [-0.05, 0) is 25.5 Å². The van der Waals surface area contributed by atoms with Gasteiger partial charge in [-0.15, -0.1) is 0 Å². The summed E-state index contributed by atoms with van der Waals surface area (Å²) in [6, 6.07) is 5.76. The van der Waals surface area contributed by atoms with Crippen molar-refractivity contribution in [2.75, 3.05) is 32.1 Å². The van der Waals surface area contributed by atoms with Crippen molar-refractivity contribution in [2.45, 2.75) is 26.4 Å².